The number of nitrogens with one attached hydrogen (secondary N) is 1. The summed E-state index contributed by atoms with van der Waals surface area (Å²) in [7, 11) is 0. The average molecular weight is 270 g/mol. The molecule has 5 heteroatoms. The summed E-state index contributed by atoms with van der Waals surface area (Å²) < 4.78 is 14.2. The van der Waals surface area contributed by atoms with Gasteiger partial charge in [0.25, 0.3) is 0 Å². The van der Waals surface area contributed by atoms with Gasteiger partial charge in [0.2, 0.25) is 0 Å². The van der Waals surface area contributed by atoms with Crippen LogP contribution in [0.1, 0.15) is 13.8 Å². The molecule has 1 aromatic carbocycles. The van der Waals surface area contributed by atoms with Crippen molar-refractivity contribution in [1.29, 1.82) is 0 Å². The van der Waals surface area contributed by atoms with E-state index >= 15 is 0 Å². The molecule has 2 nitrogen and oxygen atoms in total. The number of aromatic nitrogens is 1. The van der Waals surface area contributed by atoms with Gasteiger partial charge in [-0.1, -0.05) is 11.3 Å². The molecule has 0 saturated heterocycles. The van der Waals surface area contributed by atoms with E-state index in [-0.39, 0.29) is 10.6 Å². The Bertz CT molecular complexity index is 522. The van der Waals surface area contributed by atoms with Gasteiger partial charge in [-0.25, -0.2) is 9.37 Å². The minimum absolute atomic E-state index is 0.170. The zero-order chi connectivity index (χ0) is 12.5. The molecule has 0 amide bonds. The lowest BCUT2D eigenvalue weighted by Crippen LogP contribution is -2.25. The number of benzene rings is 1. The molecule has 2 rings (SSSR count). The number of thioether (sulfide) groups is 1. The highest BCUT2D eigenvalue weighted by Crippen LogP contribution is 2.28. The van der Waals surface area contributed by atoms with E-state index in [9.17, 15) is 4.39 Å². The second-order valence-electron chi connectivity index (χ2n) is 4.45. The van der Waals surface area contributed by atoms with Gasteiger partial charge in [-0.3, -0.25) is 0 Å². The Hall–Kier alpha value is -0.810. The molecule has 0 aliphatic heterocycles. The van der Waals surface area contributed by atoms with E-state index in [1.807, 2.05) is 11.8 Å². The van der Waals surface area contributed by atoms with Crippen LogP contribution in [-0.2, 0) is 0 Å². The van der Waals surface area contributed by atoms with E-state index in [0.717, 1.165) is 21.9 Å². The topological polar surface area (TPSA) is 24.9 Å². The van der Waals surface area contributed by atoms with Crippen molar-refractivity contribution >= 4 is 38.4 Å². The molecule has 0 radical (unpaired) electrons. The number of hydrogen-bond acceptors (Lipinski definition) is 4. The van der Waals surface area contributed by atoms with Gasteiger partial charge in [0.15, 0.2) is 5.13 Å². The maximum Gasteiger partial charge on any atom is 0.183 e. The first-order valence-electron chi connectivity index (χ1n) is 5.35. The molecule has 2 aromatic rings. The Morgan fingerprint density at radius 1 is 1.47 bits per heavy atom. The van der Waals surface area contributed by atoms with Crippen LogP contribution in [0.25, 0.3) is 10.2 Å². The minimum Gasteiger partial charge on any atom is -0.360 e. The fraction of sp³-hybridized carbons (Fsp3) is 0.417. The van der Waals surface area contributed by atoms with E-state index in [1.165, 1.54) is 12.1 Å². The SMILES string of the molecule is CSC(C)(C)CNc1nc2cc(F)ccc2s1. The lowest BCUT2D eigenvalue weighted by Gasteiger charge is -2.21. The van der Waals surface area contributed by atoms with Crippen molar-refractivity contribution in [3.05, 3.63) is 24.0 Å². The summed E-state index contributed by atoms with van der Waals surface area (Å²) >= 11 is 3.37. The summed E-state index contributed by atoms with van der Waals surface area (Å²) in [6, 6.07) is 4.71. The maximum absolute atomic E-state index is 13.0. The number of rotatable bonds is 4. The predicted molar refractivity (Wildman–Crippen MR) is 75.7 cm³/mol. The molecule has 0 fully saturated rings. The molecule has 0 aliphatic carbocycles. The first-order valence-corrected chi connectivity index (χ1v) is 7.39. The molecular weight excluding hydrogens is 255 g/mol. The quantitative estimate of drug-likeness (QED) is 0.909. The largest absolute Gasteiger partial charge is 0.360 e. The number of nitrogens with zero attached hydrogens (tertiary/aromatic N) is 1. The van der Waals surface area contributed by atoms with E-state index in [1.54, 1.807) is 17.4 Å². The molecule has 1 heterocycles. The molecule has 1 N–H and O–H groups in total. The minimum atomic E-state index is -0.237. The normalized spacial score (nSPS) is 12.0. The highest BCUT2D eigenvalue weighted by Gasteiger charge is 2.16. The highest BCUT2D eigenvalue weighted by atomic mass is 32.2. The Balaban J connectivity index is 2.15. The van der Waals surface area contributed by atoms with Crippen LogP contribution in [-0.4, -0.2) is 22.5 Å². The van der Waals surface area contributed by atoms with E-state index in [0.29, 0.717) is 0 Å². The number of anilines is 1. The second kappa shape index (κ2) is 4.82. The van der Waals surface area contributed by atoms with E-state index in [4.69, 9.17) is 0 Å². The summed E-state index contributed by atoms with van der Waals surface area (Å²) in [5, 5.41) is 4.16. The fourth-order valence-electron chi connectivity index (χ4n) is 1.34. The van der Waals surface area contributed by atoms with Crippen LogP contribution in [0.5, 0.6) is 0 Å². The van der Waals surface area contributed by atoms with Crippen molar-refractivity contribution in [2.75, 3.05) is 18.1 Å². The summed E-state index contributed by atoms with van der Waals surface area (Å²) in [5.41, 5.74) is 0.722. The van der Waals surface area contributed by atoms with Crippen LogP contribution < -0.4 is 5.32 Å². The molecular formula is C12H15FN2S2. The second-order valence-corrected chi connectivity index (χ2v) is 6.99. The lowest BCUT2D eigenvalue weighted by molar-refractivity contribution is 0.629. The van der Waals surface area contributed by atoms with Crippen molar-refractivity contribution in [2.45, 2.75) is 18.6 Å². The van der Waals surface area contributed by atoms with E-state index in [2.05, 4.69) is 30.4 Å². The van der Waals surface area contributed by atoms with Crippen LogP contribution in [0.15, 0.2) is 18.2 Å². The van der Waals surface area contributed by atoms with E-state index < -0.39 is 0 Å². The van der Waals surface area contributed by atoms with Gasteiger partial charge in [-0.05, 0) is 32.2 Å². The monoisotopic (exact) mass is 270 g/mol. The van der Waals surface area contributed by atoms with Crippen LogP contribution >= 0.6 is 23.1 Å². The zero-order valence-corrected chi connectivity index (χ0v) is 11.7. The molecule has 0 aliphatic rings. The van der Waals surface area contributed by atoms with Crippen molar-refractivity contribution in [2.24, 2.45) is 0 Å². The Kier molecular flexibility index (Phi) is 3.58. The standard InChI is InChI=1S/C12H15FN2S2/c1-12(2,16-3)7-14-11-15-9-6-8(13)4-5-10(9)17-11/h4-6H,7H2,1-3H3,(H,14,15). The van der Waals surface area contributed by atoms with Crippen LogP contribution in [0, 0.1) is 5.82 Å². The molecule has 0 bridgehead atoms. The fourth-order valence-corrected chi connectivity index (χ4v) is 2.40. The van der Waals surface area contributed by atoms with Crippen molar-refractivity contribution < 1.29 is 4.39 Å². The Morgan fingerprint density at radius 2 is 2.24 bits per heavy atom. The number of fused-ring (bicyclic) bond motifs is 1. The lowest BCUT2D eigenvalue weighted by atomic mass is 10.2. The zero-order valence-electron chi connectivity index (χ0n) is 10.1. The van der Waals surface area contributed by atoms with Crippen molar-refractivity contribution in [3.63, 3.8) is 0 Å². The molecule has 0 unspecified atom stereocenters. The third kappa shape index (κ3) is 3.10. The van der Waals surface area contributed by atoms with Crippen molar-refractivity contribution in [1.82, 2.24) is 4.98 Å². The van der Waals surface area contributed by atoms with Gasteiger partial charge in [-0.2, -0.15) is 11.8 Å². The highest BCUT2D eigenvalue weighted by molar-refractivity contribution is 7.99. The first kappa shape index (κ1) is 12.6. The molecule has 17 heavy (non-hydrogen) atoms. The van der Waals surface area contributed by atoms with Crippen LogP contribution in [0.2, 0.25) is 0 Å². The smallest absolute Gasteiger partial charge is 0.183 e. The van der Waals surface area contributed by atoms with Gasteiger partial charge in [0.1, 0.15) is 5.82 Å². The average Bonchev–Trinajstić information content (AvgIpc) is 2.68. The first-order chi connectivity index (χ1) is 8.00. The summed E-state index contributed by atoms with van der Waals surface area (Å²) in [4.78, 5) is 4.37. The maximum atomic E-state index is 13.0. The van der Waals surface area contributed by atoms with Crippen LogP contribution in [0.4, 0.5) is 9.52 Å². The van der Waals surface area contributed by atoms with Gasteiger partial charge < -0.3 is 5.32 Å². The summed E-state index contributed by atoms with van der Waals surface area (Å²) in [5.74, 6) is -0.237. The number of hydrogen-bond donors (Lipinski definition) is 1. The molecule has 92 valence electrons. The predicted octanol–water partition coefficient (Wildman–Crippen LogP) is 3.99. The molecule has 0 saturated carbocycles. The summed E-state index contributed by atoms with van der Waals surface area (Å²) in [6.45, 7) is 5.20. The van der Waals surface area contributed by atoms with Gasteiger partial charge in [-0.15, -0.1) is 0 Å². The van der Waals surface area contributed by atoms with Gasteiger partial charge in [0.05, 0.1) is 10.2 Å². The third-order valence-corrected chi connectivity index (χ3v) is 4.81. The number of halogens is 1. The molecule has 0 atom stereocenters. The molecule has 0 spiro atoms. The van der Waals surface area contributed by atoms with Crippen molar-refractivity contribution in [3.8, 4) is 0 Å². The third-order valence-electron chi connectivity index (χ3n) is 2.57. The number of thiazole rings is 1. The van der Waals surface area contributed by atoms with Gasteiger partial charge >= 0.3 is 0 Å². The van der Waals surface area contributed by atoms with Gasteiger partial charge in [0, 0.05) is 17.4 Å². The molecule has 1 aromatic heterocycles. The Labute approximate surface area is 109 Å². The summed E-state index contributed by atoms with van der Waals surface area (Å²) in [6.07, 6.45) is 2.09. The Morgan fingerprint density at radius 3 is 2.94 bits per heavy atom. The van der Waals surface area contributed by atoms with Crippen LogP contribution in [0.3, 0.4) is 0 Å².